The lowest BCUT2D eigenvalue weighted by Gasteiger charge is -2.07. The Morgan fingerprint density at radius 1 is 1.14 bits per heavy atom. The molecule has 0 fully saturated rings. The Morgan fingerprint density at radius 2 is 1.91 bits per heavy atom. The second-order valence-corrected chi connectivity index (χ2v) is 4.66. The number of aromatic nitrogens is 2. The molecular formula is C17H13N3O2. The van der Waals surface area contributed by atoms with Gasteiger partial charge in [0, 0.05) is 29.4 Å². The van der Waals surface area contributed by atoms with Crippen molar-refractivity contribution in [1.29, 1.82) is 0 Å². The third kappa shape index (κ3) is 2.84. The summed E-state index contributed by atoms with van der Waals surface area (Å²) in [5.74, 6) is -0.577. The van der Waals surface area contributed by atoms with Crippen LogP contribution in [-0.2, 0) is 4.79 Å². The fourth-order valence-corrected chi connectivity index (χ4v) is 2.21. The fourth-order valence-electron chi connectivity index (χ4n) is 2.21. The molecule has 108 valence electrons. The van der Waals surface area contributed by atoms with Gasteiger partial charge in [-0.1, -0.05) is 18.2 Å². The molecule has 0 aliphatic rings. The van der Waals surface area contributed by atoms with Crippen LogP contribution in [0.2, 0.25) is 0 Å². The molecule has 0 unspecified atom stereocenters. The summed E-state index contributed by atoms with van der Waals surface area (Å²) in [6.07, 6.45) is 6.35. The number of hydrogen-bond donors (Lipinski definition) is 2. The molecule has 3 aromatic rings. The minimum atomic E-state index is -0.577. The van der Waals surface area contributed by atoms with E-state index in [0.29, 0.717) is 0 Å². The Balaban J connectivity index is 2.16. The van der Waals surface area contributed by atoms with Crippen LogP contribution in [0.3, 0.4) is 0 Å². The molecule has 1 aromatic carbocycles. The van der Waals surface area contributed by atoms with E-state index in [1.54, 1.807) is 23.9 Å². The Labute approximate surface area is 126 Å². The summed E-state index contributed by atoms with van der Waals surface area (Å²) >= 11 is 0. The van der Waals surface area contributed by atoms with Crippen LogP contribution in [0.1, 0.15) is 5.56 Å². The first kappa shape index (κ1) is 13.9. The van der Waals surface area contributed by atoms with E-state index >= 15 is 0 Å². The number of amides is 1. The molecule has 0 aliphatic carbocycles. The van der Waals surface area contributed by atoms with Crippen molar-refractivity contribution < 1.29 is 10.0 Å². The number of hydrogen-bond acceptors (Lipinski definition) is 4. The molecule has 5 heteroatoms. The van der Waals surface area contributed by atoms with Crippen molar-refractivity contribution in [3.63, 3.8) is 0 Å². The summed E-state index contributed by atoms with van der Waals surface area (Å²) in [7, 11) is 0. The predicted molar refractivity (Wildman–Crippen MR) is 83.9 cm³/mol. The van der Waals surface area contributed by atoms with Gasteiger partial charge in [0.05, 0.1) is 11.2 Å². The molecule has 2 aromatic heterocycles. The van der Waals surface area contributed by atoms with Gasteiger partial charge in [-0.25, -0.2) is 10.5 Å². The number of nitrogens with one attached hydrogen (secondary N) is 1. The number of rotatable bonds is 3. The van der Waals surface area contributed by atoms with Gasteiger partial charge in [-0.05, 0) is 35.9 Å². The molecule has 0 radical (unpaired) electrons. The summed E-state index contributed by atoms with van der Waals surface area (Å²) in [4.78, 5) is 19.8. The van der Waals surface area contributed by atoms with Gasteiger partial charge < -0.3 is 0 Å². The van der Waals surface area contributed by atoms with Crippen molar-refractivity contribution >= 4 is 22.9 Å². The highest BCUT2D eigenvalue weighted by atomic mass is 16.5. The molecular weight excluding hydrogens is 278 g/mol. The Hall–Kier alpha value is -3.05. The number of benzene rings is 1. The van der Waals surface area contributed by atoms with E-state index in [2.05, 4.69) is 9.97 Å². The van der Waals surface area contributed by atoms with E-state index in [9.17, 15) is 4.79 Å². The van der Waals surface area contributed by atoms with Crippen LogP contribution in [0.15, 0.2) is 60.9 Å². The van der Waals surface area contributed by atoms with Crippen molar-refractivity contribution in [1.82, 2.24) is 15.4 Å². The van der Waals surface area contributed by atoms with Crippen LogP contribution in [0, 0.1) is 0 Å². The molecule has 1 amide bonds. The second kappa shape index (κ2) is 6.15. The largest absolute Gasteiger partial charge is 0.288 e. The van der Waals surface area contributed by atoms with Gasteiger partial charge in [0.2, 0.25) is 0 Å². The summed E-state index contributed by atoms with van der Waals surface area (Å²) in [5.41, 5.74) is 5.00. The maximum Gasteiger partial charge on any atom is 0.267 e. The van der Waals surface area contributed by atoms with Gasteiger partial charge >= 0.3 is 0 Å². The summed E-state index contributed by atoms with van der Waals surface area (Å²) in [6.45, 7) is 0. The molecule has 0 atom stereocenters. The number of pyridine rings is 2. The van der Waals surface area contributed by atoms with Gasteiger partial charge in [-0.2, -0.15) is 0 Å². The zero-order valence-corrected chi connectivity index (χ0v) is 11.6. The third-order valence-corrected chi connectivity index (χ3v) is 3.25. The summed E-state index contributed by atoms with van der Waals surface area (Å²) in [6, 6.07) is 13.4. The smallest absolute Gasteiger partial charge is 0.267 e. The van der Waals surface area contributed by atoms with Crippen molar-refractivity contribution in [2.75, 3.05) is 0 Å². The number of nitrogens with zero attached hydrogens (tertiary/aromatic N) is 2. The van der Waals surface area contributed by atoms with Crippen LogP contribution in [-0.4, -0.2) is 21.1 Å². The maximum atomic E-state index is 11.2. The van der Waals surface area contributed by atoms with Crippen LogP contribution in [0.5, 0.6) is 0 Å². The van der Waals surface area contributed by atoms with E-state index in [0.717, 1.165) is 27.7 Å². The van der Waals surface area contributed by atoms with E-state index in [-0.39, 0.29) is 0 Å². The SMILES string of the molecule is O=C(C=Cc1cc(-c2ccncc2)nc2ccccc12)NO. The second-order valence-electron chi connectivity index (χ2n) is 4.66. The maximum absolute atomic E-state index is 11.2. The highest BCUT2D eigenvalue weighted by Gasteiger charge is 2.06. The van der Waals surface area contributed by atoms with Crippen LogP contribution in [0.25, 0.3) is 28.2 Å². The van der Waals surface area contributed by atoms with Gasteiger partial charge in [0.1, 0.15) is 0 Å². The topological polar surface area (TPSA) is 75.1 Å². The van der Waals surface area contributed by atoms with E-state index in [4.69, 9.17) is 5.21 Å². The van der Waals surface area contributed by atoms with E-state index < -0.39 is 5.91 Å². The van der Waals surface area contributed by atoms with Crippen molar-refractivity contribution in [3.05, 3.63) is 66.5 Å². The fraction of sp³-hybridized carbons (Fsp3) is 0. The Bertz CT molecular complexity index is 845. The van der Waals surface area contributed by atoms with E-state index in [1.165, 1.54) is 6.08 Å². The molecule has 0 aliphatic heterocycles. The molecule has 0 saturated carbocycles. The molecule has 2 N–H and O–H groups in total. The van der Waals surface area contributed by atoms with Gasteiger partial charge in [-0.15, -0.1) is 0 Å². The molecule has 0 saturated heterocycles. The Morgan fingerprint density at radius 3 is 2.68 bits per heavy atom. The lowest BCUT2D eigenvalue weighted by atomic mass is 10.0. The molecule has 22 heavy (non-hydrogen) atoms. The first-order valence-electron chi connectivity index (χ1n) is 6.70. The van der Waals surface area contributed by atoms with Gasteiger partial charge in [0.25, 0.3) is 5.91 Å². The molecule has 0 spiro atoms. The average Bonchev–Trinajstić information content (AvgIpc) is 2.59. The number of fused-ring (bicyclic) bond motifs is 1. The van der Waals surface area contributed by atoms with Gasteiger partial charge in [0.15, 0.2) is 0 Å². The lowest BCUT2D eigenvalue weighted by molar-refractivity contribution is -0.124. The first-order chi connectivity index (χ1) is 10.8. The van der Waals surface area contributed by atoms with Crippen LogP contribution >= 0.6 is 0 Å². The van der Waals surface area contributed by atoms with Crippen molar-refractivity contribution in [2.24, 2.45) is 0 Å². The monoisotopic (exact) mass is 291 g/mol. The van der Waals surface area contributed by atoms with Crippen LogP contribution < -0.4 is 5.48 Å². The Kier molecular flexibility index (Phi) is 3.89. The highest BCUT2D eigenvalue weighted by Crippen LogP contribution is 2.25. The minimum Gasteiger partial charge on any atom is -0.288 e. The van der Waals surface area contributed by atoms with E-state index in [1.807, 2.05) is 42.5 Å². The number of para-hydroxylation sites is 1. The number of carbonyl (C=O) groups excluding carboxylic acids is 1. The number of hydroxylamine groups is 1. The quantitative estimate of drug-likeness (QED) is 0.442. The van der Waals surface area contributed by atoms with Crippen molar-refractivity contribution in [2.45, 2.75) is 0 Å². The minimum absolute atomic E-state index is 0.577. The predicted octanol–water partition coefficient (Wildman–Crippen LogP) is 2.82. The molecule has 3 rings (SSSR count). The normalized spacial score (nSPS) is 11.0. The zero-order valence-electron chi connectivity index (χ0n) is 11.6. The van der Waals surface area contributed by atoms with Crippen molar-refractivity contribution in [3.8, 4) is 11.3 Å². The lowest BCUT2D eigenvalue weighted by Crippen LogP contribution is -2.14. The zero-order chi connectivity index (χ0) is 15.4. The first-order valence-corrected chi connectivity index (χ1v) is 6.70. The molecule has 2 heterocycles. The molecule has 5 nitrogen and oxygen atoms in total. The standard InChI is InChI=1S/C17H13N3O2/c21-17(20-22)6-5-13-11-16(12-7-9-18-10-8-12)19-15-4-2-1-3-14(13)15/h1-11,22H,(H,20,21). The number of carbonyl (C=O) groups is 1. The van der Waals surface area contributed by atoms with Gasteiger partial charge in [-0.3, -0.25) is 15.0 Å². The summed E-state index contributed by atoms with van der Waals surface area (Å²) in [5, 5.41) is 9.52. The molecule has 0 bridgehead atoms. The average molecular weight is 291 g/mol. The highest BCUT2D eigenvalue weighted by molar-refractivity contribution is 5.96. The summed E-state index contributed by atoms with van der Waals surface area (Å²) < 4.78 is 0. The van der Waals surface area contributed by atoms with Crippen LogP contribution in [0.4, 0.5) is 0 Å². The third-order valence-electron chi connectivity index (χ3n) is 3.25.